The van der Waals surface area contributed by atoms with Crippen LogP contribution in [0.25, 0.3) is 0 Å². The molecule has 0 heterocycles. The van der Waals surface area contributed by atoms with Crippen molar-refractivity contribution in [3.05, 3.63) is 35.4 Å². The number of ether oxygens (including phenoxy) is 2. The molecule has 0 amide bonds. The third-order valence-electron chi connectivity index (χ3n) is 2.34. The summed E-state index contributed by atoms with van der Waals surface area (Å²) in [7, 11) is 0. The lowest BCUT2D eigenvalue weighted by atomic mass is 10.1. The van der Waals surface area contributed by atoms with Gasteiger partial charge in [0, 0.05) is 12.2 Å². The highest BCUT2D eigenvalue weighted by Gasteiger charge is 2.15. The molecular formula is C13H18F2O3. The van der Waals surface area contributed by atoms with E-state index in [9.17, 15) is 13.9 Å². The standard InChI is InChI=1S/C13H18F2O3/c1-2-6-17-7-8-18-9-12(16)10-4-3-5-11(14)13(10)15/h3-5,12,16H,2,6-9H2,1H3. The third-order valence-corrected chi connectivity index (χ3v) is 2.34. The van der Waals surface area contributed by atoms with Crippen LogP contribution in [0.4, 0.5) is 8.78 Å². The second kappa shape index (κ2) is 8.13. The van der Waals surface area contributed by atoms with E-state index in [0.29, 0.717) is 19.8 Å². The van der Waals surface area contributed by atoms with Crippen LogP contribution in [-0.4, -0.2) is 31.5 Å². The number of aliphatic hydroxyl groups excluding tert-OH is 1. The Morgan fingerprint density at radius 2 is 1.89 bits per heavy atom. The molecule has 0 saturated carbocycles. The maximum atomic E-state index is 13.3. The maximum absolute atomic E-state index is 13.3. The maximum Gasteiger partial charge on any atom is 0.164 e. The van der Waals surface area contributed by atoms with Gasteiger partial charge in [-0.25, -0.2) is 8.78 Å². The van der Waals surface area contributed by atoms with Crippen LogP contribution in [0.5, 0.6) is 0 Å². The van der Waals surface area contributed by atoms with Gasteiger partial charge in [0.25, 0.3) is 0 Å². The number of aliphatic hydroxyl groups is 1. The molecule has 0 bridgehead atoms. The van der Waals surface area contributed by atoms with Gasteiger partial charge in [-0.3, -0.25) is 0 Å². The fourth-order valence-corrected chi connectivity index (χ4v) is 1.43. The molecule has 1 N–H and O–H groups in total. The Bertz CT molecular complexity index is 358. The molecule has 18 heavy (non-hydrogen) atoms. The van der Waals surface area contributed by atoms with Gasteiger partial charge >= 0.3 is 0 Å². The van der Waals surface area contributed by atoms with Gasteiger partial charge in [0.05, 0.1) is 19.8 Å². The van der Waals surface area contributed by atoms with E-state index in [1.807, 2.05) is 6.92 Å². The Labute approximate surface area is 105 Å². The van der Waals surface area contributed by atoms with Crippen molar-refractivity contribution in [1.29, 1.82) is 0 Å². The highest BCUT2D eigenvalue weighted by atomic mass is 19.2. The van der Waals surface area contributed by atoms with E-state index in [4.69, 9.17) is 9.47 Å². The van der Waals surface area contributed by atoms with E-state index in [0.717, 1.165) is 12.5 Å². The molecule has 0 radical (unpaired) electrons. The molecule has 0 aliphatic rings. The summed E-state index contributed by atoms with van der Waals surface area (Å²) in [5.74, 6) is -2.01. The highest BCUT2D eigenvalue weighted by molar-refractivity contribution is 5.21. The highest BCUT2D eigenvalue weighted by Crippen LogP contribution is 2.19. The van der Waals surface area contributed by atoms with Gasteiger partial charge in [-0.2, -0.15) is 0 Å². The van der Waals surface area contributed by atoms with Gasteiger partial charge in [0.2, 0.25) is 0 Å². The van der Waals surface area contributed by atoms with Crippen LogP contribution in [0.1, 0.15) is 25.0 Å². The Hall–Kier alpha value is -1.04. The zero-order valence-corrected chi connectivity index (χ0v) is 10.4. The molecule has 3 nitrogen and oxygen atoms in total. The molecule has 1 unspecified atom stereocenters. The summed E-state index contributed by atoms with van der Waals surface area (Å²) >= 11 is 0. The number of hydrogen-bond acceptors (Lipinski definition) is 3. The van der Waals surface area contributed by atoms with E-state index >= 15 is 0 Å². The molecule has 0 aliphatic carbocycles. The van der Waals surface area contributed by atoms with Crippen LogP contribution in [0.2, 0.25) is 0 Å². The van der Waals surface area contributed by atoms with Crippen LogP contribution < -0.4 is 0 Å². The molecule has 5 heteroatoms. The van der Waals surface area contributed by atoms with Gasteiger partial charge < -0.3 is 14.6 Å². The summed E-state index contributed by atoms with van der Waals surface area (Å²) in [5, 5.41) is 9.66. The van der Waals surface area contributed by atoms with Crippen LogP contribution in [-0.2, 0) is 9.47 Å². The third kappa shape index (κ3) is 4.68. The SMILES string of the molecule is CCCOCCOCC(O)c1cccc(F)c1F. The first-order valence-corrected chi connectivity index (χ1v) is 5.94. The lowest BCUT2D eigenvalue weighted by molar-refractivity contribution is 0.00207. The van der Waals surface area contributed by atoms with Crippen molar-refractivity contribution in [2.24, 2.45) is 0 Å². The summed E-state index contributed by atoms with van der Waals surface area (Å²) in [5.41, 5.74) is -0.0931. The van der Waals surface area contributed by atoms with Gasteiger partial charge in [0.15, 0.2) is 11.6 Å². The van der Waals surface area contributed by atoms with Crippen molar-refractivity contribution in [2.75, 3.05) is 26.4 Å². The van der Waals surface area contributed by atoms with Gasteiger partial charge in [0.1, 0.15) is 6.10 Å². The topological polar surface area (TPSA) is 38.7 Å². The van der Waals surface area contributed by atoms with Crippen molar-refractivity contribution >= 4 is 0 Å². The first kappa shape index (κ1) is 15.0. The quantitative estimate of drug-likeness (QED) is 0.730. The smallest absolute Gasteiger partial charge is 0.164 e. The average Bonchev–Trinajstić information content (AvgIpc) is 2.36. The van der Waals surface area contributed by atoms with E-state index in [2.05, 4.69) is 0 Å². The van der Waals surface area contributed by atoms with E-state index < -0.39 is 17.7 Å². The molecule has 0 aliphatic heterocycles. The normalized spacial score (nSPS) is 12.7. The van der Waals surface area contributed by atoms with Crippen LogP contribution >= 0.6 is 0 Å². The molecule has 0 fully saturated rings. The van der Waals surface area contributed by atoms with Crippen LogP contribution in [0.15, 0.2) is 18.2 Å². The molecule has 0 saturated heterocycles. The molecule has 0 aromatic heterocycles. The summed E-state index contributed by atoms with van der Waals surface area (Å²) in [4.78, 5) is 0. The van der Waals surface area contributed by atoms with Crippen molar-refractivity contribution in [1.82, 2.24) is 0 Å². The lowest BCUT2D eigenvalue weighted by Crippen LogP contribution is -2.13. The van der Waals surface area contributed by atoms with Gasteiger partial charge in [-0.1, -0.05) is 19.1 Å². The number of benzene rings is 1. The number of hydrogen-bond donors (Lipinski definition) is 1. The fourth-order valence-electron chi connectivity index (χ4n) is 1.43. The fraction of sp³-hybridized carbons (Fsp3) is 0.538. The van der Waals surface area contributed by atoms with Crippen molar-refractivity contribution < 1.29 is 23.4 Å². The number of rotatable bonds is 8. The largest absolute Gasteiger partial charge is 0.386 e. The van der Waals surface area contributed by atoms with Crippen molar-refractivity contribution in [3.8, 4) is 0 Å². The molecule has 1 rings (SSSR count). The zero-order chi connectivity index (χ0) is 13.4. The van der Waals surface area contributed by atoms with Gasteiger partial charge in [-0.05, 0) is 12.5 Å². The van der Waals surface area contributed by atoms with Crippen molar-refractivity contribution in [2.45, 2.75) is 19.4 Å². The molecule has 0 spiro atoms. The monoisotopic (exact) mass is 260 g/mol. The summed E-state index contributed by atoms with van der Waals surface area (Å²) in [6, 6.07) is 3.69. The van der Waals surface area contributed by atoms with Gasteiger partial charge in [-0.15, -0.1) is 0 Å². The minimum absolute atomic E-state index is 0.0874. The molecule has 1 atom stereocenters. The first-order valence-electron chi connectivity index (χ1n) is 5.94. The Morgan fingerprint density at radius 1 is 1.17 bits per heavy atom. The summed E-state index contributed by atoms with van der Waals surface area (Å²) in [6.45, 7) is 3.30. The van der Waals surface area contributed by atoms with Crippen LogP contribution in [0, 0.1) is 11.6 Å². The molecule has 1 aromatic carbocycles. The minimum Gasteiger partial charge on any atom is -0.386 e. The average molecular weight is 260 g/mol. The Kier molecular flexibility index (Phi) is 6.78. The second-order valence-electron chi connectivity index (χ2n) is 3.85. The summed E-state index contributed by atoms with van der Waals surface area (Å²) in [6.07, 6.45) is -0.246. The molecular weight excluding hydrogens is 242 g/mol. The van der Waals surface area contributed by atoms with E-state index in [-0.39, 0.29) is 12.2 Å². The summed E-state index contributed by atoms with van der Waals surface area (Å²) < 4.78 is 36.5. The first-order chi connectivity index (χ1) is 8.66. The zero-order valence-electron chi connectivity index (χ0n) is 10.4. The molecule has 1 aromatic rings. The Balaban J connectivity index is 2.32. The molecule has 102 valence electrons. The predicted molar refractivity (Wildman–Crippen MR) is 63.2 cm³/mol. The van der Waals surface area contributed by atoms with Crippen molar-refractivity contribution in [3.63, 3.8) is 0 Å². The lowest BCUT2D eigenvalue weighted by Gasteiger charge is -2.12. The predicted octanol–water partition coefficient (Wildman–Crippen LogP) is 2.44. The Morgan fingerprint density at radius 3 is 2.61 bits per heavy atom. The number of halogens is 2. The second-order valence-corrected chi connectivity index (χ2v) is 3.85. The minimum atomic E-state index is -1.17. The van der Waals surface area contributed by atoms with E-state index in [1.54, 1.807) is 0 Å². The van der Waals surface area contributed by atoms with E-state index in [1.165, 1.54) is 12.1 Å². The van der Waals surface area contributed by atoms with Crippen LogP contribution in [0.3, 0.4) is 0 Å².